The van der Waals surface area contributed by atoms with Crippen LogP contribution in [0.25, 0.3) is 32.7 Å². The van der Waals surface area contributed by atoms with Crippen LogP contribution in [-0.4, -0.2) is 86.6 Å². The number of amides is 4. The molecule has 3 heterocycles. The van der Waals surface area contributed by atoms with E-state index in [-0.39, 0.29) is 29.6 Å². The molecule has 13 heteroatoms. The standard InChI is InChI=1S/C36H31N7O6/c1-20(41-33(44)27-7-3-5-22-11-24(25-17-39-19-40-18-25)13-29(31(22)27)35(41)46)15-37-9-10-38-16-21(2)42-34(45)28-8-4-6-23-12-26(43(48)49)14-30(32(23)28)36(42)47/h3-8,11-14,17-21,37-38H,9-10,15-16H2,1-2H3/t20-,21-/m1/s1. The van der Waals surface area contributed by atoms with Crippen molar-refractivity contribution in [1.82, 2.24) is 30.4 Å². The summed E-state index contributed by atoms with van der Waals surface area (Å²) in [6.45, 7) is 5.13. The van der Waals surface area contributed by atoms with Gasteiger partial charge in [0, 0.05) is 95.8 Å². The van der Waals surface area contributed by atoms with Crippen LogP contribution in [0, 0.1) is 10.1 Å². The Bertz CT molecular complexity index is 2210. The number of nitrogens with one attached hydrogen (secondary N) is 2. The van der Waals surface area contributed by atoms with Crippen LogP contribution >= 0.6 is 0 Å². The molecular weight excluding hydrogens is 626 g/mol. The van der Waals surface area contributed by atoms with Crippen molar-refractivity contribution in [2.75, 3.05) is 26.2 Å². The molecule has 246 valence electrons. The van der Waals surface area contributed by atoms with Crippen molar-refractivity contribution in [2.24, 2.45) is 0 Å². The predicted molar refractivity (Wildman–Crippen MR) is 181 cm³/mol. The zero-order chi connectivity index (χ0) is 34.4. The maximum absolute atomic E-state index is 13.8. The number of hydrogen-bond donors (Lipinski definition) is 2. The maximum atomic E-state index is 13.8. The summed E-state index contributed by atoms with van der Waals surface area (Å²) in [4.78, 5) is 75.7. The number of aromatic nitrogens is 2. The molecule has 0 aliphatic carbocycles. The van der Waals surface area contributed by atoms with Gasteiger partial charge in [-0.25, -0.2) is 9.97 Å². The molecule has 0 saturated heterocycles. The van der Waals surface area contributed by atoms with Gasteiger partial charge in [-0.05, 0) is 54.4 Å². The zero-order valence-electron chi connectivity index (χ0n) is 26.7. The van der Waals surface area contributed by atoms with Gasteiger partial charge < -0.3 is 10.6 Å². The molecule has 5 aromatic rings. The van der Waals surface area contributed by atoms with E-state index in [1.807, 2.05) is 25.1 Å². The van der Waals surface area contributed by atoms with E-state index in [4.69, 9.17) is 0 Å². The normalized spacial score (nSPS) is 15.3. The van der Waals surface area contributed by atoms with Crippen molar-refractivity contribution >= 4 is 50.9 Å². The van der Waals surface area contributed by atoms with Crippen LogP contribution in [0.1, 0.15) is 55.3 Å². The van der Waals surface area contributed by atoms with Gasteiger partial charge >= 0.3 is 0 Å². The highest BCUT2D eigenvalue weighted by molar-refractivity contribution is 6.27. The summed E-state index contributed by atoms with van der Waals surface area (Å²) in [5, 5.41) is 20.4. The van der Waals surface area contributed by atoms with Gasteiger partial charge in [-0.15, -0.1) is 0 Å². The van der Waals surface area contributed by atoms with Gasteiger partial charge in [0.1, 0.15) is 6.33 Å². The molecule has 13 nitrogen and oxygen atoms in total. The summed E-state index contributed by atoms with van der Waals surface area (Å²) in [7, 11) is 0. The van der Waals surface area contributed by atoms with Gasteiger partial charge in [-0.3, -0.25) is 39.1 Å². The molecule has 49 heavy (non-hydrogen) atoms. The van der Waals surface area contributed by atoms with Crippen LogP contribution in [0.3, 0.4) is 0 Å². The Morgan fingerprint density at radius 1 is 0.673 bits per heavy atom. The van der Waals surface area contributed by atoms with E-state index < -0.39 is 28.8 Å². The van der Waals surface area contributed by atoms with Crippen LogP contribution in [0.2, 0.25) is 0 Å². The van der Waals surface area contributed by atoms with Gasteiger partial charge in [-0.1, -0.05) is 24.3 Å². The van der Waals surface area contributed by atoms with Gasteiger partial charge in [0.2, 0.25) is 0 Å². The first-order valence-electron chi connectivity index (χ1n) is 15.9. The number of nitro groups is 1. The minimum Gasteiger partial charge on any atom is -0.313 e. The number of carbonyl (C=O) groups excluding carboxylic acids is 4. The van der Waals surface area contributed by atoms with Crippen LogP contribution in [0.5, 0.6) is 0 Å². The number of nitrogens with zero attached hydrogens (tertiary/aromatic N) is 5. The summed E-state index contributed by atoms with van der Waals surface area (Å²) >= 11 is 0. The Morgan fingerprint density at radius 2 is 1.16 bits per heavy atom. The summed E-state index contributed by atoms with van der Waals surface area (Å²) in [5.41, 5.74) is 2.71. The summed E-state index contributed by atoms with van der Waals surface area (Å²) in [6.07, 6.45) is 4.80. The second kappa shape index (κ2) is 12.6. The first kappa shape index (κ1) is 31.7. The number of non-ortho nitro benzene ring substituents is 1. The van der Waals surface area contributed by atoms with E-state index in [1.165, 1.54) is 23.4 Å². The summed E-state index contributed by atoms with van der Waals surface area (Å²) in [6, 6.07) is 15.7. The molecule has 2 aliphatic heterocycles. The molecule has 7 rings (SSSR count). The lowest BCUT2D eigenvalue weighted by molar-refractivity contribution is -0.384. The Kier molecular flexibility index (Phi) is 8.14. The number of benzene rings is 4. The van der Waals surface area contributed by atoms with Crippen molar-refractivity contribution in [2.45, 2.75) is 25.9 Å². The number of nitro benzene ring substituents is 1. The molecule has 4 aromatic carbocycles. The fraction of sp³-hybridized carbons (Fsp3) is 0.222. The molecule has 0 spiro atoms. The smallest absolute Gasteiger partial charge is 0.270 e. The zero-order valence-corrected chi connectivity index (χ0v) is 26.7. The van der Waals surface area contributed by atoms with E-state index in [1.54, 1.807) is 49.6 Å². The fourth-order valence-electron chi connectivity index (χ4n) is 6.74. The number of imide groups is 2. The lowest BCUT2D eigenvalue weighted by Crippen LogP contribution is -2.51. The maximum Gasteiger partial charge on any atom is 0.270 e. The van der Waals surface area contributed by atoms with Crippen molar-refractivity contribution < 1.29 is 24.1 Å². The Balaban J connectivity index is 0.971. The average Bonchev–Trinajstić information content (AvgIpc) is 3.10. The van der Waals surface area contributed by atoms with E-state index in [9.17, 15) is 29.3 Å². The molecule has 1 aromatic heterocycles. The molecule has 2 atom stereocenters. The highest BCUT2D eigenvalue weighted by Gasteiger charge is 2.38. The number of hydrogen-bond acceptors (Lipinski definition) is 10. The SMILES string of the molecule is C[C@H](CNCCNC[C@@H](C)N1C(=O)c2cccc3cc([N+](=O)[O-])cc(c23)C1=O)N1C(=O)c2cccc3cc(-c4cncnc4)cc(c23)C1=O. The van der Waals surface area contributed by atoms with E-state index in [2.05, 4.69) is 20.6 Å². The molecule has 0 unspecified atom stereocenters. The first-order valence-corrected chi connectivity index (χ1v) is 15.9. The minimum absolute atomic E-state index is 0.132. The van der Waals surface area contributed by atoms with Gasteiger partial charge in [0.25, 0.3) is 29.3 Å². The molecule has 0 saturated carbocycles. The van der Waals surface area contributed by atoms with Crippen LogP contribution < -0.4 is 10.6 Å². The Hall–Kier alpha value is -5.92. The van der Waals surface area contributed by atoms with Crippen molar-refractivity contribution in [3.8, 4) is 11.1 Å². The van der Waals surface area contributed by atoms with Crippen molar-refractivity contribution in [1.29, 1.82) is 0 Å². The van der Waals surface area contributed by atoms with E-state index >= 15 is 0 Å². The lowest BCUT2D eigenvalue weighted by atomic mass is 9.90. The molecule has 2 N–H and O–H groups in total. The molecule has 2 aliphatic rings. The van der Waals surface area contributed by atoms with Gasteiger partial charge in [-0.2, -0.15) is 0 Å². The molecule has 4 amide bonds. The first-order chi connectivity index (χ1) is 23.7. The number of carbonyl (C=O) groups is 4. The molecular formula is C36H31N7O6. The average molecular weight is 658 g/mol. The minimum atomic E-state index is -0.573. The van der Waals surface area contributed by atoms with E-state index in [0.29, 0.717) is 52.5 Å². The molecule has 0 radical (unpaired) electrons. The second-order valence-corrected chi connectivity index (χ2v) is 12.3. The topological polar surface area (TPSA) is 168 Å². The number of rotatable bonds is 11. The van der Waals surface area contributed by atoms with Gasteiger partial charge in [0.05, 0.1) is 10.5 Å². The lowest BCUT2D eigenvalue weighted by Gasteiger charge is -2.32. The van der Waals surface area contributed by atoms with Crippen LogP contribution in [0.15, 0.2) is 79.4 Å². The van der Waals surface area contributed by atoms with Crippen LogP contribution in [-0.2, 0) is 0 Å². The quantitative estimate of drug-likeness (QED) is 0.0909. The third kappa shape index (κ3) is 5.48. The summed E-state index contributed by atoms with van der Waals surface area (Å²) < 4.78 is 0. The molecule has 0 fully saturated rings. The Morgan fingerprint density at radius 3 is 1.69 bits per heavy atom. The molecule has 0 bridgehead atoms. The largest absolute Gasteiger partial charge is 0.313 e. The fourth-order valence-corrected chi connectivity index (χ4v) is 6.74. The summed E-state index contributed by atoms with van der Waals surface area (Å²) in [5.74, 6) is -1.74. The van der Waals surface area contributed by atoms with Crippen LogP contribution in [0.4, 0.5) is 5.69 Å². The third-order valence-corrected chi connectivity index (χ3v) is 9.08. The van der Waals surface area contributed by atoms with E-state index in [0.717, 1.165) is 21.4 Å². The predicted octanol–water partition coefficient (Wildman–Crippen LogP) is 4.21. The van der Waals surface area contributed by atoms with Gasteiger partial charge in [0.15, 0.2) is 0 Å². The highest BCUT2D eigenvalue weighted by atomic mass is 16.6. The third-order valence-electron chi connectivity index (χ3n) is 9.08. The monoisotopic (exact) mass is 657 g/mol. The van der Waals surface area contributed by atoms with Crippen molar-refractivity contribution in [3.05, 3.63) is 112 Å². The Labute approximate surface area is 280 Å². The highest BCUT2D eigenvalue weighted by Crippen LogP contribution is 2.36. The second-order valence-electron chi connectivity index (χ2n) is 12.3. The van der Waals surface area contributed by atoms with Crippen molar-refractivity contribution in [3.63, 3.8) is 0 Å².